The average molecular weight is 289 g/mol. The summed E-state index contributed by atoms with van der Waals surface area (Å²) in [4.78, 5) is 2.46. The minimum Gasteiger partial charge on any atom is -0.392 e. The quantitative estimate of drug-likeness (QED) is 0.904. The number of β-amino-alcohol motifs (C(OH)–C–C–N with tert-alkyl or cyclic N) is 1. The number of likely N-dealkylation sites (tertiary alicyclic amines) is 1. The highest BCUT2D eigenvalue weighted by molar-refractivity contribution is 5.14. The fraction of sp³-hybridized carbons (Fsp3) is 0.667. The summed E-state index contributed by atoms with van der Waals surface area (Å²) < 4.78 is 6.22. The van der Waals surface area contributed by atoms with Crippen LogP contribution >= 0.6 is 0 Å². The lowest BCUT2D eigenvalue weighted by Gasteiger charge is -2.37. The van der Waals surface area contributed by atoms with Crippen LogP contribution in [-0.4, -0.2) is 48.0 Å². The van der Waals surface area contributed by atoms with Crippen LogP contribution in [0.1, 0.15) is 37.7 Å². The molecule has 1 aromatic rings. The third-order valence-corrected chi connectivity index (χ3v) is 4.90. The van der Waals surface area contributed by atoms with Crippen molar-refractivity contribution in [3.8, 4) is 0 Å². The van der Waals surface area contributed by atoms with Crippen LogP contribution in [0.5, 0.6) is 0 Å². The van der Waals surface area contributed by atoms with Crippen molar-refractivity contribution in [2.24, 2.45) is 0 Å². The minimum absolute atomic E-state index is 0.128. The van der Waals surface area contributed by atoms with Crippen molar-refractivity contribution in [1.82, 2.24) is 4.90 Å². The number of hydrogen-bond acceptors (Lipinski definition) is 3. The molecule has 1 aliphatic heterocycles. The summed E-state index contributed by atoms with van der Waals surface area (Å²) >= 11 is 0. The van der Waals surface area contributed by atoms with E-state index in [1.54, 1.807) is 0 Å². The largest absolute Gasteiger partial charge is 0.392 e. The van der Waals surface area contributed by atoms with Crippen molar-refractivity contribution < 1.29 is 9.84 Å². The molecule has 3 rings (SSSR count). The Kier molecular flexibility index (Phi) is 5.28. The maximum Gasteiger partial charge on any atom is 0.0730 e. The van der Waals surface area contributed by atoms with E-state index in [0.717, 1.165) is 32.5 Å². The van der Waals surface area contributed by atoms with Gasteiger partial charge in [0.1, 0.15) is 0 Å². The van der Waals surface area contributed by atoms with Gasteiger partial charge in [0.05, 0.1) is 18.8 Å². The Morgan fingerprint density at radius 3 is 2.67 bits per heavy atom. The molecule has 1 N–H and O–H groups in total. The molecule has 0 bridgehead atoms. The van der Waals surface area contributed by atoms with E-state index in [1.165, 1.54) is 31.2 Å². The summed E-state index contributed by atoms with van der Waals surface area (Å²) in [5.74, 6) is 0. The van der Waals surface area contributed by atoms with Gasteiger partial charge in [-0.2, -0.15) is 0 Å². The first-order valence-corrected chi connectivity index (χ1v) is 8.40. The molecule has 0 aromatic heterocycles. The number of benzene rings is 1. The molecule has 0 spiro atoms. The van der Waals surface area contributed by atoms with E-state index in [2.05, 4.69) is 35.2 Å². The fourth-order valence-electron chi connectivity index (χ4n) is 3.73. The van der Waals surface area contributed by atoms with Crippen molar-refractivity contribution in [3.05, 3.63) is 35.9 Å². The predicted molar refractivity (Wildman–Crippen MR) is 84.3 cm³/mol. The Hall–Kier alpha value is -0.900. The highest BCUT2D eigenvalue weighted by atomic mass is 16.5. The second-order valence-corrected chi connectivity index (χ2v) is 6.43. The highest BCUT2D eigenvalue weighted by Gasteiger charge is 2.34. The van der Waals surface area contributed by atoms with Crippen LogP contribution in [0.3, 0.4) is 0 Å². The van der Waals surface area contributed by atoms with Gasteiger partial charge in [0.25, 0.3) is 0 Å². The van der Waals surface area contributed by atoms with E-state index in [4.69, 9.17) is 4.74 Å². The number of nitrogens with zero attached hydrogens (tertiary/aromatic N) is 1. The van der Waals surface area contributed by atoms with Gasteiger partial charge in [0.2, 0.25) is 0 Å². The third kappa shape index (κ3) is 4.06. The molecule has 3 nitrogen and oxygen atoms in total. The van der Waals surface area contributed by atoms with Crippen molar-refractivity contribution in [3.63, 3.8) is 0 Å². The maximum atomic E-state index is 9.76. The van der Waals surface area contributed by atoms with Gasteiger partial charge < -0.3 is 9.84 Å². The summed E-state index contributed by atoms with van der Waals surface area (Å²) in [7, 11) is 0. The highest BCUT2D eigenvalue weighted by Crippen LogP contribution is 2.28. The molecule has 0 radical (unpaired) electrons. The van der Waals surface area contributed by atoms with Crippen LogP contribution in [-0.2, 0) is 11.2 Å². The predicted octanol–water partition coefficient (Wildman–Crippen LogP) is 2.62. The van der Waals surface area contributed by atoms with Crippen LogP contribution in [0.15, 0.2) is 30.3 Å². The fourth-order valence-corrected chi connectivity index (χ4v) is 3.73. The topological polar surface area (TPSA) is 32.7 Å². The van der Waals surface area contributed by atoms with E-state index in [-0.39, 0.29) is 6.10 Å². The van der Waals surface area contributed by atoms with Gasteiger partial charge in [0.15, 0.2) is 0 Å². The second-order valence-electron chi connectivity index (χ2n) is 6.43. The lowest BCUT2D eigenvalue weighted by Crippen LogP contribution is -2.46. The van der Waals surface area contributed by atoms with Gasteiger partial charge in [-0.1, -0.05) is 43.2 Å². The summed E-state index contributed by atoms with van der Waals surface area (Å²) in [6.45, 7) is 2.68. The first-order chi connectivity index (χ1) is 10.3. The molecule has 1 heterocycles. The summed E-state index contributed by atoms with van der Waals surface area (Å²) in [6.07, 6.45) is 7.12. The zero-order chi connectivity index (χ0) is 14.5. The van der Waals surface area contributed by atoms with Crippen LogP contribution < -0.4 is 0 Å². The Bertz CT molecular complexity index is 422. The van der Waals surface area contributed by atoms with E-state index < -0.39 is 0 Å². The molecule has 3 heteroatoms. The molecule has 1 saturated carbocycles. The molecule has 1 saturated heterocycles. The maximum absolute atomic E-state index is 9.76. The van der Waals surface area contributed by atoms with Gasteiger partial charge in [-0.25, -0.2) is 0 Å². The summed E-state index contributed by atoms with van der Waals surface area (Å²) in [5.41, 5.74) is 1.35. The van der Waals surface area contributed by atoms with Gasteiger partial charge >= 0.3 is 0 Å². The minimum atomic E-state index is -0.128. The molecule has 2 aliphatic rings. The Labute approximate surface area is 127 Å². The first-order valence-electron chi connectivity index (χ1n) is 8.40. The average Bonchev–Trinajstić information content (AvgIpc) is 2.95. The lowest BCUT2D eigenvalue weighted by atomic mass is 9.91. The van der Waals surface area contributed by atoms with Crippen molar-refractivity contribution in [2.75, 3.05) is 19.7 Å². The molecule has 21 heavy (non-hydrogen) atoms. The standard InChI is InChI=1S/C18H27NO2/c20-16-10-12-19(14-16)17-8-4-5-9-18(17)21-13-11-15-6-2-1-3-7-15/h1-3,6-7,16-18,20H,4-5,8-14H2/t16?,17-,18+/m1/s1. The number of aliphatic hydroxyl groups is 1. The Balaban J connectivity index is 1.50. The van der Waals surface area contributed by atoms with Crippen LogP contribution in [0.4, 0.5) is 0 Å². The third-order valence-electron chi connectivity index (χ3n) is 4.90. The van der Waals surface area contributed by atoms with E-state index in [0.29, 0.717) is 12.1 Å². The van der Waals surface area contributed by atoms with Crippen molar-refractivity contribution >= 4 is 0 Å². The van der Waals surface area contributed by atoms with Gasteiger partial charge in [-0.15, -0.1) is 0 Å². The zero-order valence-electron chi connectivity index (χ0n) is 12.8. The molecule has 116 valence electrons. The molecule has 0 amide bonds. The second kappa shape index (κ2) is 7.39. The smallest absolute Gasteiger partial charge is 0.0730 e. The van der Waals surface area contributed by atoms with Crippen LogP contribution in [0, 0.1) is 0 Å². The van der Waals surface area contributed by atoms with E-state index in [1.807, 2.05) is 0 Å². The SMILES string of the molecule is OC1CCN([C@@H]2CCCC[C@@H]2OCCc2ccccc2)C1. The van der Waals surface area contributed by atoms with Crippen LogP contribution in [0.25, 0.3) is 0 Å². The summed E-state index contributed by atoms with van der Waals surface area (Å²) in [5, 5.41) is 9.76. The molecule has 1 unspecified atom stereocenters. The van der Waals surface area contributed by atoms with Gasteiger partial charge in [-0.3, -0.25) is 4.90 Å². The monoisotopic (exact) mass is 289 g/mol. The van der Waals surface area contributed by atoms with Crippen molar-refractivity contribution in [2.45, 2.75) is 56.8 Å². The molecular formula is C18H27NO2. The first kappa shape index (κ1) is 15.0. The van der Waals surface area contributed by atoms with E-state index in [9.17, 15) is 5.11 Å². The zero-order valence-corrected chi connectivity index (χ0v) is 12.8. The number of ether oxygens (including phenoxy) is 1. The Morgan fingerprint density at radius 1 is 1.10 bits per heavy atom. The number of rotatable bonds is 5. The lowest BCUT2D eigenvalue weighted by molar-refractivity contribution is -0.0316. The summed E-state index contributed by atoms with van der Waals surface area (Å²) in [6, 6.07) is 11.1. The Morgan fingerprint density at radius 2 is 1.90 bits per heavy atom. The van der Waals surface area contributed by atoms with E-state index >= 15 is 0 Å². The van der Waals surface area contributed by atoms with Crippen molar-refractivity contribution in [1.29, 1.82) is 0 Å². The molecule has 1 aromatic carbocycles. The number of hydrogen-bond donors (Lipinski definition) is 1. The molecule has 2 fully saturated rings. The number of aliphatic hydroxyl groups excluding tert-OH is 1. The normalized spacial score (nSPS) is 30.6. The van der Waals surface area contributed by atoms with Gasteiger partial charge in [0, 0.05) is 19.1 Å². The molecule has 1 aliphatic carbocycles. The van der Waals surface area contributed by atoms with Gasteiger partial charge in [-0.05, 0) is 31.2 Å². The van der Waals surface area contributed by atoms with Crippen LogP contribution in [0.2, 0.25) is 0 Å². The molecule has 3 atom stereocenters. The molecular weight excluding hydrogens is 262 g/mol.